The summed E-state index contributed by atoms with van der Waals surface area (Å²) in [5.74, 6) is -0.925. The van der Waals surface area contributed by atoms with Crippen molar-refractivity contribution in [2.45, 2.75) is 50.4 Å². The third-order valence-electron chi connectivity index (χ3n) is 8.31. The Bertz CT molecular complexity index is 1400. The molecule has 1 unspecified atom stereocenters. The number of hydrogen-bond acceptors (Lipinski definition) is 4. The van der Waals surface area contributed by atoms with E-state index in [0.717, 1.165) is 30.5 Å². The number of aliphatic hydroxyl groups excluding tert-OH is 1. The zero-order chi connectivity index (χ0) is 30.9. The zero-order valence-electron chi connectivity index (χ0n) is 24.0. The Morgan fingerprint density at radius 3 is 1.84 bits per heavy atom. The van der Waals surface area contributed by atoms with E-state index >= 15 is 0 Å². The van der Waals surface area contributed by atoms with Gasteiger partial charge in [-0.1, -0.05) is 50.2 Å². The molecule has 5 rings (SSSR count). The summed E-state index contributed by atoms with van der Waals surface area (Å²) < 4.78 is 66.5. The largest absolute Gasteiger partial charge is 0.416 e. The molecule has 1 fully saturated rings. The molecule has 0 aromatic heterocycles. The number of aliphatic hydroxyl groups is 1. The minimum absolute atomic E-state index is 0.0151. The first kappa shape index (κ1) is 30.8. The molecular weight excluding hydrogens is 565 g/mol. The lowest BCUT2D eigenvalue weighted by molar-refractivity contribution is -0.137. The first-order valence-electron chi connectivity index (χ1n) is 14.4. The number of carbonyl (C=O) groups is 1. The van der Waals surface area contributed by atoms with Crippen LogP contribution in [0.5, 0.6) is 0 Å². The number of nitrogens with zero attached hydrogens (tertiary/aromatic N) is 3. The molecule has 5 nitrogen and oxygen atoms in total. The summed E-state index contributed by atoms with van der Waals surface area (Å²) in [7, 11) is 0. The van der Waals surface area contributed by atoms with Gasteiger partial charge in [0.1, 0.15) is 17.5 Å². The van der Waals surface area contributed by atoms with Crippen molar-refractivity contribution in [1.29, 1.82) is 0 Å². The fourth-order valence-corrected chi connectivity index (χ4v) is 6.08. The molecule has 1 N–H and O–H groups in total. The van der Waals surface area contributed by atoms with Gasteiger partial charge in [0, 0.05) is 12.5 Å². The number of aliphatic imine (C=N–C) groups is 1. The maximum absolute atomic E-state index is 14.3. The lowest BCUT2D eigenvalue weighted by Gasteiger charge is -2.34. The third-order valence-corrected chi connectivity index (χ3v) is 8.31. The Balaban J connectivity index is 1.30. The van der Waals surface area contributed by atoms with Crippen LogP contribution in [0.3, 0.4) is 0 Å². The first-order valence-corrected chi connectivity index (χ1v) is 14.4. The number of rotatable bonds is 8. The highest BCUT2D eigenvalue weighted by Crippen LogP contribution is 2.41. The molecule has 3 aromatic rings. The number of amidine groups is 1. The van der Waals surface area contributed by atoms with Crippen molar-refractivity contribution in [3.8, 4) is 0 Å². The number of alkyl halides is 3. The molecule has 1 atom stereocenters. The monoisotopic (exact) mass is 599 g/mol. The van der Waals surface area contributed by atoms with Gasteiger partial charge < -0.3 is 10.0 Å². The molecule has 0 saturated carbocycles. The lowest BCUT2D eigenvalue weighted by Crippen LogP contribution is -2.48. The summed E-state index contributed by atoms with van der Waals surface area (Å²) >= 11 is 0. The molecule has 1 amide bonds. The summed E-state index contributed by atoms with van der Waals surface area (Å²) in [5, 5.41) is 11.2. The van der Waals surface area contributed by atoms with Crippen LogP contribution in [-0.4, -0.2) is 58.9 Å². The number of benzene rings is 3. The highest BCUT2D eigenvalue weighted by molar-refractivity contribution is 6.11. The summed E-state index contributed by atoms with van der Waals surface area (Å²) in [6.07, 6.45) is -3.81. The van der Waals surface area contributed by atoms with Crippen LogP contribution in [0.1, 0.15) is 54.9 Å². The van der Waals surface area contributed by atoms with Gasteiger partial charge in [-0.2, -0.15) is 13.2 Å². The van der Waals surface area contributed by atoms with Gasteiger partial charge in [0.05, 0.1) is 18.2 Å². The van der Waals surface area contributed by atoms with E-state index in [2.05, 4.69) is 4.90 Å². The summed E-state index contributed by atoms with van der Waals surface area (Å²) in [6, 6.07) is 16.3. The quantitative estimate of drug-likeness (QED) is 0.307. The molecule has 0 radical (unpaired) electrons. The molecule has 0 aliphatic carbocycles. The molecule has 2 aliphatic heterocycles. The first-order chi connectivity index (χ1) is 20.4. The van der Waals surface area contributed by atoms with Gasteiger partial charge >= 0.3 is 6.18 Å². The second-order valence-corrected chi connectivity index (χ2v) is 11.6. The van der Waals surface area contributed by atoms with Gasteiger partial charge in [0.25, 0.3) is 5.91 Å². The maximum Gasteiger partial charge on any atom is 0.416 e. The molecule has 2 heterocycles. The highest BCUT2D eigenvalue weighted by atomic mass is 19.4. The van der Waals surface area contributed by atoms with Gasteiger partial charge in [-0.25, -0.2) is 13.8 Å². The molecule has 3 aromatic carbocycles. The van der Waals surface area contributed by atoms with Crippen LogP contribution in [0.4, 0.5) is 22.0 Å². The van der Waals surface area contributed by atoms with Gasteiger partial charge in [-0.15, -0.1) is 0 Å². The van der Waals surface area contributed by atoms with E-state index < -0.39 is 40.9 Å². The Labute approximate surface area is 247 Å². The Morgan fingerprint density at radius 1 is 0.860 bits per heavy atom. The van der Waals surface area contributed by atoms with Crippen LogP contribution >= 0.6 is 0 Å². The second kappa shape index (κ2) is 12.2. The zero-order valence-corrected chi connectivity index (χ0v) is 24.0. The van der Waals surface area contributed by atoms with E-state index in [-0.39, 0.29) is 18.4 Å². The number of piperidine rings is 1. The van der Waals surface area contributed by atoms with Crippen LogP contribution < -0.4 is 0 Å². The number of halogens is 5. The number of hydrogen-bond donors (Lipinski definition) is 1. The molecule has 10 heteroatoms. The molecule has 2 aliphatic rings. The van der Waals surface area contributed by atoms with Crippen LogP contribution in [0.15, 0.2) is 77.8 Å². The van der Waals surface area contributed by atoms with E-state index in [4.69, 9.17) is 4.99 Å². The van der Waals surface area contributed by atoms with Crippen molar-refractivity contribution in [2.75, 3.05) is 26.2 Å². The number of β-amino-alcohol motifs (C(OH)–C–C–N with tert-alkyl or cyclic N) is 1. The van der Waals surface area contributed by atoms with Crippen molar-refractivity contribution in [2.24, 2.45) is 10.9 Å². The van der Waals surface area contributed by atoms with E-state index in [0.29, 0.717) is 36.6 Å². The predicted molar refractivity (Wildman–Crippen MR) is 153 cm³/mol. The normalized spacial score (nSPS) is 18.8. The van der Waals surface area contributed by atoms with Gasteiger partial charge in [0.15, 0.2) is 5.54 Å². The fourth-order valence-electron chi connectivity index (χ4n) is 6.08. The highest BCUT2D eigenvalue weighted by Gasteiger charge is 2.51. The minimum Gasteiger partial charge on any atom is -0.390 e. The number of carbonyl (C=O) groups excluding carboxylic acids is 1. The van der Waals surface area contributed by atoms with Gasteiger partial charge in [-0.05, 0) is 84.9 Å². The fraction of sp³-hybridized carbons (Fsp3) is 0.394. The maximum atomic E-state index is 14.3. The molecule has 43 heavy (non-hydrogen) atoms. The van der Waals surface area contributed by atoms with Crippen molar-refractivity contribution in [1.82, 2.24) is 9.80 Å². The van der Waals surface area contributed by atoms with Gasteiger partial charge in [0.2, 0.25) is 0 Å². The topological polar surface area (TPSA) is 56.1 Å². The van der Waals surface area contributed by atoms with Crippen molar-refractivity contribution in [3.63, 3.8) is 0 Å². The second-order valence-electron chi connectivity index (χ2n) is 11.6. The third kappa shape index (κ3) is 6.35. The summed E-state index contributed by atoms with van der Waals surface area (Å²) in [4.78, 5) is 22.7. The Morgan fingerprint density at radius 2 is 1.37 bits per heavy atom. The van der Waals surface area contributed by atoms with E-state index in [9.17, 15) is 31.9 Å². The van der Waals surface area contributed by atoms with Crippen LogP contribution in [0.2, 0.25) is 0 Å². The predicted octanol–water partition coefficient (Wildman–Crippen LogP) is 6.36. The number of amides is 1. The molecule has 0 spiro atoms. The van der Waals surface area contributed by atoms with Crippen LogP contribution in [0, 0.1) is 17.6 Å². The van der Waals surface area contributed by atoms with Crippen molar-refractivity contribution < 1.29 is 31.9 Å². The SMILES string of the molecule is CC(C)C1=NC(c2ccc(F)cc2)(c2ccc(F)cc2)C(=O)N1CC(O)CN1CCC(c2ccc(C(F)(F)F)cc2)CC1. The molecule has 228 valence electrons. The van der Waals surface area contributed by atoms with Crippen LogP contribution in [0.25, 0.3) is 0 Å². The van der Waals surface area contributed by atoms with Crippen LogP contribution in [-0.2, 0) is 16.5 Å². The summed E-state index contributed by atoms with van der Waals surface area (Å²) in [6.45, 7) is 5.37. The Hall–Kier alpha value is -3.63. The molecular formula is C33H34F5N3O2. The number of likely N-dealkylation sites (tertiary alicyclic amines) is 1. The average Bonchev–Trinajstić information content (AvgIpc) is 3.26. The van der Waals surface area contributed by atoms with E-state index in [1.807, 2.05) is 13.8 Å². The average molecular weight is 600 g/mol. The smallest absolute Gasteiger partial charge is 0.390 e. The summed E-state index contributed by atoms with van der Waals surface area (Å²) in [5.41, 5.74) is -0.482. The van der Waals surface area contributed by atoms with Crippen molar-refractivity contribution >= 4 is 11.7 Å². The van der Waals surface area contributed by atoms with E-state index in [1.165, 1.54) is 65.6 Å². The molecule has 1 saturated heterocycles. The van der Waals surface area contributed by atoms with E-state index in [1.54, 1.807) is 0 Å². The molecule has 0 bridgehead atoms. The lowest BCUT2D eigenvalue weighted by atomic mass is 9.82. The standard InChI is InChI=1S/C33H34F5N3O2/c1-21(2)30-39-32(24-7-11-27(34)12-8-24,25-9-13-28(35)14-10-25)31(43)41(30)20-29(42)19-40-17-15-23(16-18-40)22-3-5-26(6-4-22)33(36,37)38/h3-14,21,23,29,42H,15-20H2,1-2H3. The minimum atomic E-state index is -4.37. The Kier molecular flexibility index (Phi) is 8.72. The van der Waals surface area contributed by atoms with Gasteiger partial charge in [-0.3, -0.25) is 9.69 Å². The van der Waals surface area contributed by atoms with Crippen molar-refractivity contribution in [3.05, 3.63) is 107 Å².